The predicted octanol–water partition coefficient (Wildman–Crippen LogP) is 7.31. The van der Waals surface area contributed by atoms with Crippen molar-refractivity contribution >= 4 is 26.7 Å². The molecule has 0 saturated carbocycles. The van der Waals surface area contributed by atoms with Crippen LogP contribution in [0, 0.1) is 11.6 Å². The van der Waals surface area contributed by atoms with Crippen LogP contribution in [0.4, 0.5) is 8.78 Å². The predicted molar refractivity (Wildman–Crippen MR) is 167 cm³/mol. The van der Waals surface area contributed by atoms with Crippen molar-refractivity contribution in [2.75, 3.05) is 11.5 Å². The summed E-state index contributed by atoms with van der Waals surface area (Å²) in [5.74, 6) is -2.04. The van der Waals surface area contributed by atoms with Crippen LogP contribution in [-0.4, -0.2) is 46.0 Å². The molecule has 3 N–H and O–H groups in total. The van der Waals surface area contributed by atoms with Gasteiger partial charge in [0.2, 0.25) is 0 Å². The summed E-state index contributed by atoms with van der Waals surface area (Å²) in [7, 11) is -3.45. The fraction of sp³-hybridized carbons (Fsp3) is 0.294. The van der Waals surface area contributed by atoms with E-state index in [-0.39, 0.29) is 53.2 Å². The van der Waals surface area contributed by atoms with E-state index in [4.69, 9.17) is 9.84 Å². The van der Waals surface area contributed by atoms with Gasteiger partial charge in [-0.25, -0.2) is 22.2 Å². The molecule has 11 heteroatoms. The summed E-state index contributed by atoms with van der Waals surface area (Å²) in [4.78, 5) is 21.9. The number of imidazole rings is 1. The minimum absolute atomic E-state index is 0.0128. The number of carbonyl (C=O) groups is 1. The largest absolute Gasteiger partial charge is 0.481 e. The van der Waals surface area contributed by atoms with Gasteiger partial charge in [0.15, 0.2) is 21.4 Å². The van der Waals surface area contributed by atoms with Crippen LogP contribution >= 0.6 is 0 Å². The van der Waals surface area contributed by atoms with Crippen molar-refractivity contribution in [1.29, 1.82) is 0 Å². The first kappa shape index (κ1) is 30.5. The van der Waals surface area contributed by atoms with Gasteiger partial charge in [-0.1, -0.05) is 37.1 Å². The second-order valence-electron chi connectivity index (χ2n) is 11.5. The van der Waals surface area contributed by atoms with Crippen LogP contribution in [0.5, 0.6) is 11.5 Å². The van der Waals surface area contributed by atoms with Crippen molar-refractivity contribution in [3.05, 3.63) is 101 Å². The molecular formula is C34H33F2N3O5S. The van der Waals surface area contributed by atoms with E-state index in [2.05, 4.69) is 15.0 Å². The highest BCUT2D eigenvalue weighted by molar-refractivity contribution is 7.91. The monoisotopic (exact) mass is 633 g/mol. The Morgan fingerprint density at radius 3 is 2.73 bits per heavy atom. The number of fused-ring (bicyclic) bond motifs is 8. The SMILES string of the molecule is O=C(O)CCc1cccc(C2CCCCCS(=O)(=O)CCc3c(c(F)cc4[nH]ccc34)Oc3ccc(F)c(c3)-c3ncc2[nH]3)c1. The zero-order chi connectivity index (χ0) is 31.6. The Morgan fingerprint density at radius 1 is 1.02 bits per heavy atom. The van der Waals surface area contributed by atoms with E-state index in [1.165, 1.54) is 24.3 Å². The van der Waals surface area contributed by atoms with Gasteiger partial charge in [-0.15, -0.1) is 0 Å². The first-order chi connectivity index (χ1) is 21.7. The minimum atomic E-state index is -3.45. The summed E-state index contributed by atoms with van der Waals surface area (Å²) in [5, 5.41) is 9.80. The maximum Gasteiger partial charge on any atom is 0.303 e. The zero-order valence-electron chi connectivity index (χ0n) is 24.5. The van der Waals surface area contributed by atoms with E-state index in [9.17, 15) is 13.2 Å². The number of nitrogens with one attached hydrogen (secondary N) is 2. The van der Waals surface area contributed by atoms with Gasteiger partial charge >= 0.3 is 5.97 Å². The molecule has 5 aromatic rings. The maximum atomic E-state index is 15.4. The van der Waals surface area contributed by atoms with E-state index in [0.29, 0.717) is 42.1 Å². The molecule has 1 aliphatic heterocycles. The number of aryl methyl sites for hydroxylation is 2. The molecule has 3 heterocycles. The second-order valence-corrected chi connectivity index (χ2v) is 13.8. The third-order valence-electron chi connectivity index (χ3n) is 8.34. The van der Waals surface area contributed by atoms with Gasteiger partial charge in [-0.2, -0.15) is 0 Å². The van der Waals surface area contributed by atoms with Gasteiger partial charge in [-0.3, -0.25) is 4.79 Å². The van der Waals surface area contributed by atoms with Gasteiger partial charge in [-0.05, 0) is 61.1 Å². The van der Waals surface area contributed by atoms with E-state index in [1.807, 2.05) is 24.3 Å². The molecule has 2 aromatic heterocycles. The van der Waals surface area contributed by atoms with Crippen LogP contribution in [0.2, 0.25) is 0 Å². The molecule has 45 heavy (non-hydrogen) atoms. The summed E-state index contributed by atoms with van der Waals surface area (Å²) >= 11 is 0. The van der Waals surface area contributed by atoms with Crippen molar-refractivity contribution in [2.24, 2.45) is 0 Å². The fourth-order valence-electron chi connectivity index (χ4n) is 6.02. The molecule has 8 nitrogen and oxygen atoms in total. The van der Waals surface area contributed by atoms with E-state index in [1.54, 1.807) is 18.5 Å². The number of rotatable bonds is 4. The Hall–Kier alpha value is -4.51. The Labute approximate surface area is 259 Å². The number of aliphatic carboxylic acids is 1. The lowest BCUT2D eigenvalue weighted by Crippen LogP contribution is -2.14. The van der Waals surface area contributed by atoms with Crippen LogP contribution in [0.1, 0.15) is 60.4 Å². The van der Waals surface area contributed by atoms with Crippen LogP contribution in [-0.2, 0) is 27.5 Å². The van der Waals surface area contributed by atoms with Gasteiger partial charge in [0, 0.05) is 53.0 Å². The molecule has 1 unspecified atom stereocenters. The molecule has 0 fully saturated rings. The number of aromatic nitrogens is 3. The van der Waals surface area contributed by atoms with Crippen molar-refractivity contribution in [3.8, 4) is 22.9 Å². The zero-order valence-corrected chi connectivity index (χ0v) is 25.3. The third-order valence-corrected chi connectivity index (χ3v) is 10.1. The highest BCUT2D eigenvalue weighted by Gasteiger charge is 2.23. The number of ether oxygens (including phenoxy) is 1. The van der Waals surface area contributed by atoms with Crippen LogP contribution < -0.4 is 4.74 Å². The Kier molecular flexibility index (Phi) is 8.71. The van der Waals surface area contributed by atoms with E-state index < -0.39 is 27.4 Å². The van der Waals surface area contributed by atoms with Gasteiger partial charge in [0.1, 0.15) is 17.4 Å². The number of carboxylic acid groups (broad SMARTS) is 1. The first-order valence-electron chi connectivity index (χ1n) is 15.0. The number of sulfone groups is 1. The lowest BCUT2D eigenvalue weighted by atomic mass is 9.89. The van der Waals surface area contributed by atoms with Crippen molar-refractivity contribution in [1.82, 2.24) is 15.0 Å². The Balaban J connectivity index is 1.41. The van der Waals surface area contributed by atoms with Crippen molar-refractivity contribution < 1.29 is 31.8 Å². The number of halogens is 2. The second kappa shape index (κ2) is 12.8. The van der Waals surface area contributed by atoms with Crippen LogP contribution in [0.3, 0.4) is 0 Å². The molecular weight excluding hydrogens is 600 g/mol. The standard InChI is InChI=1S/C34H33F2N3O5S/c35-28-10-9-23-18-27(28)34-38-20-31(39-34)24(22-6-4-5-21(17-22)8-11-32(40)41)7-2-1-3-15-45(42,43)16-13-26-25-12-14-37-30(25)19-29(36)33(26)44-23/h4-6,9-10,12,14,17-20,24,37H,1-3,7-8,11,13,15-16H2,(H,38,39)(H,40,41). The van der Waals surface area contributed by atoms with Gasteiger partial charge < -0.3 is 19.8 Å². The maximum absolute atomic E-state index is 15.4. The molecule has 1 aliphatic rings. The lowest BCUT2D eigenvalue weighted by molar-refractivity contribution is -0.136. The minimum Gasteiger partial charge on any atom is -0.481 e. The summed E-state index contributed by atoms with van der Waals surface area (Å²) in [6.07, 6.45) is 6.32. The van der Waals surface area contributed by atoms with Crippen molar-refractivity contribution in [3.63, 3.8) is 0 Å². The number of hydrogen-bond donors (Lipinski definition) is 3. The topological polar surface area (TPSA) is 125 Å². The highest BCUT2D eigenvalue weighted by atomic mass is 32.2. The van der Waals surface area contributed by atoms with Crippen LogP contribution in [0.25, 0.3) is 22.3 Å². The van der Waals surface area contributed by atoms with E-state index >= 15 is 8.78 Å². The quantitative estimate of drug-likeness (QED) is 0.191. The molecule has 1 atom stereocenters. The summed E-state index contributed by atoms with van der Waals surface area (Å²) in [5.41, 5.74) is 3.68. The van der Waals surface area contributed by atoms with E-state index in [0.717, 1.165) is 23.2 Å². The number of benzene rings is 3. The van der Waals surface area contributed by atoms with Crippen LogP contribution in [0.15, 0.2) is 67.0 Å². The normalized spacial score (nSPS) is 17.2. The molecule has 0 spiro atoms. The number of aromatic amines is 2. The molecule has 0 saturated heterocycles. The highest BCUT2D eigenvalue weighted by Crippen LogP contribution is 2.37. The summed E-state index contributed by atoms with van der Waals surface area (Å²) in [6, 6.07) is 14.9. The average Bonchev–Trinajstić information content (AvgIpc) is 3.68. The average molecular weight is 634 g/mol. The summed E-state index contributed by atoms with van der Waals surface area (Å²) < 4.78 is 62.9. The molecule has 3 aromatic carbocycles. The smallest absolute Gasteiger partial charge is 0.303 e. The number of carboxylic acids is 1. The lowest BCUT2D eigenvalue weighted by Gasteiger charge is -2.18. The van der Waals surface area contributed by atoms with Gasteiger partial charge in [0.25, 0.3) is 0 Å². The number of nitrogens with zero attached hydrogens (tertiary/aromatic N) is 1. The molecule has 0 aliphatic carbocycles. The number of hydrogen-bond acceptors (Lipinski definition) is 5. The fourth-order valence-corrected chi connectivity index (χ4v) is 7.39. The van der Waals surface area contributed by atoms with Crippen molar-refractivity contribution in [2.45, 2.75) is 50.9 Å². The Bertz CT molecular complexity index is 1970. The molecule has 0 amide bonds. The molecule has 234 valence electrons. The van der Waals surface area contributed by atoms with Gasteiger partial charge in [0.05, 0.1) is 17.1 Å². The molecule has 4 bridgehead atoms. The first-order valence-corrected chi connectivity index (χ1v) is 16.8. The summed E-state index contributed by atoms with van der Waals surface area (Å²) in [6.45, 7) is 0. The number of H-pyrrole nitrogens is 2. The molecule has 6 rings (SSSR count). The molecule has 0 radical (unpaired) electrons. The third kappa shape index (κ3) is 6.93. The Morgan fingerprint density at radius 2 is 1.89 bits per heavy atom.